The SMILES string of the molecule is CC(C)(C)N1CCC(c2c[nH]c3ccc(NC(=S)Nc4c(F)cccc4I)cc23)CC1. The average molecular weight is 550 g/mol. The number of para-hydroxylation sites is 1. The lowest BCUT2D eigenvalue weighted by Gasteiger charge is -2.41. The summed E-state index contributed by atoms with van der Waals surface area (Å²) in [5.41, 5.74) is 4.01. The van der Waals surface area contributed by atoms with Gasteiger partial charge in [0.25, 0.3) is 0 Å². The first kappa shape index (κ1) is 22.5. The molecule has 1 aliphatic rings. The molecule has 0 atom stereocenters. The van der Waals surface area contributed by atoms with E-state index < -0.39 is 0 Å². The fourth-order valence-corrected chi connectivity index (χ4v) is 5.13. The molecule has 1 fully saturated rings. The zero-order valence-corrected chi connectivity index (χ0v) is 21.0. The molecule has 4 rings (SSSR count). The molecule has 3 aromatic rings. The lowest BCUT2D eigenvalue weighted by Crippen LogP contribution is -2.45. The van der Waals surface area contributed by atoms with Crippen molar-refractivity contribution in [1.82, 2.24) is 9.88 Å². The highest BCUT2D eigenvalue weighted by molar-refractivity contribution is 14.1. The molecule has 164 valence electrons. The maximum absolute atomic E-state index is 14.1. The number of aromatic nitrogens is 1. The molecule has 0 radical (unpaired) electrons. The summed E-state index contributed by atoms with van der Waals surface area (Å²) in [4.78, 5) is 5.99. The van der Waals surface area contributed by atoms with Crippen LogP contribution in [0.2, 0.25) is 0 Å². The van der Waals surface area contributed by atoms with Gasteiger partial charge in [-0.05, 0) is 123 Å². The second-order valence-electron chi connectivity index (χ2n) is 9.11. The van der Waals surface area contributed by atoms with Gasteiger partial charge in [-0.3, -0.25) is 4.90 Å². The summed E-state index contributed by atoms with van der Waals surface area (Å²) in [7, 11) is 0. The van der Waals surface area contributed by atoms with E-state index in [2.05, 4.69) is 82.2 Å². The second kappa shape index (κ2) is 9.03. The van der Waals surface area contributed by atoms with Crippen LogP contribution in [0.25, 0.3) is 10.9 Å². The van der Waals surface area contributed by atoms with Crippen molar-refractivity contribution in [3.8, 4) is 0 Å². The highest BCUT2D eigenvalue weighted by Crippen LogP contribution is 2.36. The van der Waals surface area contributed by atoms with E-state index in [1.165, 1.54) is 17.0 Å². The minimum absolute atomic E-state index is 0.223. The van der Waals surface area contributed by atoms with E-state index >= 15 is 0 Å². The van der Waals surface area contributed by atoms with Gasteiger partial charge < -0.3 is 15.6 Å². The summed E-state index contributed by atoms with van der Waals surface area (Å²) in [6.45, 7) is 9.10. The van der Waals surface area contributed by atoms with Gasteiger partial charge >= 0.3 is 0 Å². The van der Waals surface area contributed by atoms with E-state index in [4.69, 9.17) is 12.2 Å². The number of hydrogen-bond acceptors (Lipinski definition) is 2. The lowest BCUT2D eigenvalue weighted by atomic mass is 9.87. The minimum Gasteiger partial charge on any atom is -0.361 e. The van der Waals surface area contributed by atoms with Gasteiger partial charge in [-0.15, -0.1) is 0 Å². The van der Waals surface area contributed by atoms with Crippen molar-refractivity contribution < 1.29 is 4.39 Å². The molecule has 2 heterocycles. The molecule has 31 heavy (non-hydrogen) atoms. The van der Waals surface area contributed by atoms with E-state index in [0.29, 0.717) is 16.7 Å². The number of thiocarbonyl (C=S) groups is 1. The van der Waals surface area contributed by atoms with E-state index in [-0.39, 0.29) is 11.4 Å². The van der Waals surface area contributed by atoms with Gasteiger partial charge in [-0.25, -0.2) is 4.39 Å². The number of H-pyrrole nitrogens is 1. The van der Waals surface area contributed by atoms with Crippen LogP contribution in [0.15, 0.2) is 42.6 Å². The molecule has 1 aliphatic heterocycles. The molecule has 0 bridgehead atoms. The quantitative estimate of drug-likeness (QED) is 0.251. The first-order chi connectivity index (χ1) is 14.7. The largest absolute Gasteiger partial charge is 0.361 e. The third-order valence-electron chi connectivity index (χ3n) is 6.06. The van der Waals surface area contributed by atoms with Crippen molar-refractivity contribution in [3.05, 3.63) is 57.5 Å². The van der Waals surface area contributed by atoms with Crippen molar-refractivity contribution in [3.63, 3.8) is 0 Å². The van der Waals surface area contributed by atoms with Crippen molar-refractivity contribution in [2.24, 2.45) is 0 Å². The minimum atomic E-state index is -0.318. The molecule has 4 nitrogen and oxygen atoms in total. The van der Waals surface area contributed by atoms with Crippen LogP contribution < -0.4 is 10.6 Å². The Hall–Kier alpha value is -1.71. The summed E-state index contributed by atoms with van der Waals surface area (Å²) in [5.74, 6) is 0.230. The molecule has 1 saturated heterocycles. The fraction of sp³-hybridized carbons (Fsp3) is 0.375. The van der Waals surface area contributed by atoms with Gasteiger partial charge in [0.05, 0.1) is 5.69 Å². The summed E-state index contributed by atoms with van der Waals surface area (Å²) < 4.78 is 14.9. The van der Waals surface area contributed by atoms with Gasteiger partial charge in [0.2, 0.25) is 0 Å². The van der Waals surface area contributed by atoms with Crippen molar-refractivity contribution in [2.45, 2.75) is 45.1 Å². The van der Waals surface area contributed by atoms with Crippen molar-refractivity contribution in [2.75, 3.05) is 23.7 Å². The molecule has 3 N–H and O–H groups in total. The Morgan fingerprint density at radius 3 is 2.58 bits per heavy atom. The summed E-state index contributed by atoms with van der Waals surface area (Å²) >= 11 is 7.54. The second-order valence-corrected chi connectivity index (χ2v) is 10.7. The van der Waals surface area contributed by atoms with Crippen LogP contribution in [0.4, 0.5) is 15.8 Å². The zero-order valence-electron chi connectivity index (χ0n) is 18.1. The molecule has 0 unspecified atom stereocenters. The number of piperidine rings is 1. The van der Waals surface area contributed by atoms with Crippen LogP contribution >= 0.6 is 34.8 Å². The van der Waals surface area contributed by atoms with Gasteiger partial charge in [-0.2, -0.15) is 0 Å². The van der Waals surface area contributed by atoms with Gasteiger partial charge in [0, 0.05) is 31.9 Å². The number of anilines is 2. The van der Waals surface area contributed by atoms with Gasteiger partial charge in [0.15, 0.2) is 5.11 Å². The van der Waals surface area contributed by atoms with Gasteiger partial charge in [0.1, 0.15) is 5.82 Å². The van der Waals surface area contributed by atoms with Crippen LogP contribution in [-0.2, 0) is 0 Å². The Bertz CT molecular complexity index is 1080. The molecule has 2 aromatic carbocycles. The highest BCUT2D eigenvalue weighted by atomic mass is 127. The summed E-state index contributed by atoms with van der Waals surface area (Å²) in [6, 6.07) is 11.2. The molecule has 0 spiro atoms. The number of nitrogens with one attached hydrogen (secondary N) is 3. The highest BCUT2D eigenvalue weighted by Gasteiger charge is 2.28. The number of benzene rings is 2. The van der Waals surface area contributed by atoms with E-state index in [1.807, 2.05) is 12.1 Å². The standard InChI is InChI=1S/C24H28FIN4S/c1-24(2,3)30-11-9-15(10-12-30)18-14-27-21-8-7-16(13-17(18)21)28-23(31)29-22-19(25)5-4-6-20(22)26/h4-8,13-15,27H,9-12H2,1-3H3,(H2,28,29,31). The Kier molecular flexibility index (Phi) is 6.55. The number of likely N-dealkylation sites (tertiary alicyclic amines) is 1. The average Bonchev–Trinajstić information content (AvgIpc) is 3.13. The fourth-order valence-electron chi connectivity index (χ4n) is 4.31. The maximum Gasteiger partial charge on any atom is 0.175 e. The monoisotopic (exact) mass is 550 g/mol. The first-order valence-electron chi connectivity index (χ1n) is 10.6. The molecule has 0 saturated carbocycles. The summed E-state index contributed by atoms with van der Waals surface area (Å²) in [6.07, 6.45) is 4.48. The first-order valence-corrected chi connectivity index (χ1v) is 12.1. The van der Waals surface area contributed by atoms with Crippen molar-refractivity contribution >= 4 is 62.2 Å². The van der Waals surface area contributed by atoms with Crippen LogP contribution in [0.3, 0.4) is 0 Å². The topological polar surface area (TPSA) is 43.1 Å². The van der Waals surface area contributed by atoms with Crippen molar-refractivity contribution in [1.29, 1.82) is 0 Å². The number of hydrogen-bond donors (Lipinski definition) is 3. The van der Waals surface area contributed by atoms with E-state index in [1.54, 1.807) is 6.07 Å². The smallest absolute Gasteiger partial charge is 0.175 e. The van der Waals surface area contributed by atoms with Crippen LogP contribution in [0, 0.1) is 9.39 Å². The number of halogens is 2. The predicted octanol–water partition coefficient (Wildman–Crippen LogP) is 6.70. The molecule has 0 aliphatic carbocycles. The molecule has 0 amide bonds. The normalized spacial score (nSPS) is 15.9. The maximum atomic E-state index is 14.1. The van der Waals surface area contributed by atoms with Crippen LogP contribution in [-0.4, -0.2) is 33.6 Å². The number of nitrogens with zero attached hydrogens (tertiary/aromatic N) is 1. The Balaban J connectivity index is 1.49. The Labute approximate surface area is 202 Å². The third-order valence-corrected chi connectivity index (χ3v) is 7.16. The number of aromatic amines is 1. The van der Waals surface area contributed by atoms with Crippen LogP contribution in [0.1, 0.15) is 45.1 Å². The van der Waals surface area contributed by atoms with E-state index in [9.17, 15) is 4.39 Å². The Morgan fingerprint density at radius 1 is 1.16 bits per heavy atom. The zero-order chi connectivity index (χ0) is 22.2. The number of rotatable bonds is 3. The molecule has 7 heteroatoms. The van der Waals surface area contributed by atoms with E-state index in [0.717, 1.165) is 40.7 Å². The summed E-state index contributed by atoms with van der Waals surface area (Å²) in [5, 5.41) is 7.80. The molecule has 1 aromatic heterocycles. The Morgan fingerprint density at radius 2 is 1.90 bits per heavy atom. The lowest BCUT2D eigenvalue weighted by molar-refractivity contribution is 0.102. The van der Waals surface area contributed by atoms with Crippen LogP contribution in [0.5, 0.6) is 0 Å². The van der Waals surface area contributed by atoms with Gasteiger partial charge in [-0.1, -0.05) is 6.07 Å². The number of fused-ring (bicyclic) bond motifs is 1. The predicted molar refractivity (Wildman–Crippen MR) is 141 cm³/mol. The third kappa shape index (κ3) is 5.04. The molecular formula is C24H28FIN4S. The molecular weight excluding hydrogens is 522 g/mol.